The van der Waals surface area contributed by atoms with E-state index in [1.807, 2.05) is 38.1 Å². The molecule has 0 unspecified atom stereocenters. The number of alkyl halides is 1. The summed E-state index contributed by atoms with van der Waals surface area (Å²) in [6.07, 6.45) is 0.762. The van der Waals surface area contributed by atoms with Crippen LogP contribution in [-0.2, 0) is 21.4 Å². The van der Waals surface area contributed by atoms with Crippen molar-refractivity contribution in [2.24, 2.45) is 0 Å². The molecule has 88 valence electrons. The lowest BCUT2D eigenvalue weighted by Gasteiger charge is -2.24. The van der Waals surface area contributed by atoms with Crippen LogP contribution < -0.4 is 0 Å². The first-order chi connectivity index (χ1) is 7.54. The first-order valence-corrected chi connectivity index (χ1v) is 5.80. The van der Waals surface area contributed by atoms with E-state index in [1.54, 1.807) is 0 Å². The zero-order chi connectivity index (χ0) is 12.2. The lowest BCUT2D eigenvalue weighted by atomic mass is 9.81. The number of hydrogen-bond acceptors (Lipinski definition) is 2. The van der Waals surface area contributed by atoms with E-state index >= 15 is 0 Å². The molecular formula is C13H17ClO2. The van der Waals surface area contributed by atoms with Crippen molar-refractivity contribution in [3.05, 3.63) is 35.4 Å². The fourth-order valence-electron chi connectivity index (χ4n) is 1.81. The summed E-state index contributed by atoms with van der Waals surface area (Å²) in [6.45, 7) is 3.73. The maximum Gasteiger partial charge on any atom is 0.315 e. The van der Waals surface area contributed by atoms with Gasteiger partial charge in [0.25, 0.3) is 0 Å². The number of benzene rings is 1. The third-order valence-electron chi connectivity index (χ3n) is 2.75. The molecule has 0 aromatic heterocycles. The highest BCUT2D eigenvalue weighted by molar-refractivity contribution is 6.18. The van der Waals surface area contributed by atoms with Gasteiger partial charge in [-0.25, -0.2) is 0 Å². The molecule has 1 aromatic carbocycles. The maximum absolute atomic E-state index is 11.7. The predicted molar refractivity (Wildman–Crippen MR) is 65.9 cm³/mol. The normalized spacial score (nSPS) is 11.2. The van der Waals surface area contributed by atoms with E-state index in [2.05, 4.69) is 0 Å². The van der Waals surface area contributed by atoms with Gasteiger partial charge in [-0.3, -0.25) is 4.79 Å². The summed E-state index contributed by atoms with van der Waals surface area (Å²) in [5.74, 6) is 0.323. The number of esters is 1. The molecule has 0 bridgehead atoms. The standard InChI is InChI=1S/C13H17ClO2/c1-13(2,12(15)16-3)11-7-5-4-6-10(11)8-9-14/h4-7H,8-9H2,1-3H3. The Morgan fingerprint density at radius 2 is 2.00 bits per heavy atom. The van der Waals surface area contributed by atoms with Crippen molar-refractivity contribution in [2.75, 3.05) is 13.0 Å². The van der Waals surface area contributed by atoms with Gasteiger partial charge in [-0.2, -0.15) is 0 Å². The van der Waals surface area contributed by atoms with Gasteiger partial charge in [0.05, 0.1) is 12.5 Å². The molecule has 16 heavy (non-hydrogen) atoms. The molecule has 0 aliphatic rings. The van der Waals surface area contributed by atoms with Crippen LogP contribution in [0, 0.1) is 0 Å². The molecule has 1 aromatic rings. The molecule has 0 N–H and O–H groups in total. The number of methoxy groups -OCH3 is 1. The number of carbonyl (C=O) groups excluding carboxylic acids is 1. The van der Waals surface area contributed by atoms with Crippen LogP contribution in [0.25, 0.3) is 0 Å². The molecule has 0 aliphatic carbocycles. The summed E-state index contributed by atoms with van der Waals surface area (Å²) in [7, 11) is 1.41. The summed E-state index contributed by atoms with van der Waals surface area (Å²) < 4.78 is 4.83. The van der Waals surface area contributed by atoms with E-state index in [-0.39, 0.29) is 5.97 Å². The number of aryl methyl sites for hydroxylation is 1. The van der Waals surface area contributed by atoms with Gasteiger partial charge < -0.3 is 4.74 Å². The summed E-state index contributed by atoms with van der Waals surface area (Å²) >= 11 is 5.76. The van der Waals surface area contributed by atoms with Crippen LogP contribution in [0.4, 0.5) is 0 Å². The van der Waals surface area contributed by atoms with Crippen molar-refractivity contribution in [1.29, 1.82) is 0 Å². The number of hydrogen-bond donors (Lipinski definition) is 0. The fourth-order valence-corrected chi connectivity index (χ4v) is 2.02. The number of ether oxygens (including phenoxy) is 1. The minimum Gasteiger partial charge on any atom is -0.468 e. The van der Waals surface area contributed by atoms with Crippen LogP contribution in [0.5, 0.6) is 0 Å². The molecule has 0 heterocycles. The highest BCUT2D eigenvalue weighted by atomic mass is 35.5. The quantitative estimate of drug-likeness (QED) is 0.598. The molecule has 0 amide bonds. The third kappa shape index (κ3) is 2.56. The van der Waals surface area contributed by atoms with Gasteiger partial charge >= 0.3 is 5.97 Å². The number of halogens is 1. The molecule has 0 saturated heterocycles. The van der Waals surface area contributed by atoms with Gasteiger partial charge in [0.1, 0.15) is 0 Å². The minimum absolute atomic E-state index is 0.227. The average molecular weight is 241 g/mol. The van der Waals surface area contributed by atoms with Crippen LogP contribution in [-0.4, -0.2) is 19.0 Å². The first-order valence-electron chi connectivity index (χ1n) is 5.26. The number of rotatable bonds is 4. The van der Waals surface area contributed by atoms with E-state index in [1.165, 1.54) is 7.11 Å². The van der Waals surface area contributed by atoms with Crippen molar-refractivity contribution in [3.63, 3.8) is 0 Å². The maximum atomic E-state index is 11.7. The Hall–Kier alpha value is -1.02. The van der Waals surface area contributed by atoms with E-state index in [4.69, 9.17) is 16.3 Å². The van der Waals surface area contributed by atoms with Crippen molar-refractivity contribution in [1.82, 2.24) is 0 Å². The van der Waals surface area contributed by atoms with E-state index in [0.29, 0.717) is 5.88 Å². The molecule has 1 rings (SSSR count). The second-order valence-corrected chi connectivity index (χ2v) is 4.59. The molecule has 0 saturated carbocycles. The van der Waals surface area contributed by atoms with Crippen molar-refractivity contribution >= 4 is 17.6 Å². The highest BCUT2D eigenvalue weighted by Crippen LogP contribution is 2.28. The Kier molecular flexibility index (Phi) is 4.36. The Morgan fingerprint density at radius 3 is 2.56 bits per heavy atom. The van der Waals surface area contributed by atoms with E-state index in [9.17, 15) is 4.79 Å². The molecule has 0 aliphatic heterocycles. The Labute approximate surface area is 102 Å². The van der Waals surface area contributed by atoms with Gasteiger partial charge in [0, 0.05) is 5.88 Å². The molecule has 0 atom stereocenters. The van der Waals surface area contributed by atoms with E-state index in [0.717, 1.165) is 17.5 Å². The van der Waals surface area contributed by atoms with Gasteiger partial charge in [-0.05, 0) is 31.4 Å². The third-order valence-corrected chi connectivity index (χ3v) is 2.94. The van der Waals surface area contributed by atoms with Crippen molar-refractivity contribution in [2.45, 2.75) is 25.7 Å². The van der Waals surface area contributed by atoms with Crippen LogP contribution in [0.15, 0.2) is 24.3 Å². The lowest BCUT2D eigenvalue weighted by molar-refractivity contribution is -0.146. The molecule has 2 nitrogen and oxygen atoms in total. The Morgan fingerprint density at radius 1 is 1.38 bits per heavy atom. The average Bonchev–Trinajstić information content (AvgIpc) is 2.29. The first kappa shape index (κ1) is 13.0. The minimum atomic E-state index is -0.628. The topological polar surface area (TPSA) is 26.3 Å². The van der Waals surface area contributed by atoms with Crippen LogP contribution in [0.1, 0.15) is 25.0 Å². The number of carbonyl (C=O) groups is 1. The summed E-state index contributed by atoms with van der Waals surface area (Å²) in [5, 5.41) is 0. The van der Waals surface area contributed by atoms with Crippen LogP contribution >= 0.6 is 11.6 Å². The van der Waals surface area contributed by atoms with Gasteiger partial charge in [0.15, 0.2) is 0 Å². The summed E-state index contributed by atoms with van der Waals surface area (Å²) in [5.41, 5.74) is 1.47. The predicted octanol–water partition coefficient (Wildman–Crippen LogP) is 2.92. The monoisotopic (exact) mass is 240 g/mol. The van der Waals surface area contributed by atoms with Crippen LogP contribution in [0.3, 0.4) is 0 Å². The van der Waals surface area contributed by atoms with Crippen molar-refractivity contribution < 1.29 is 9.53 Å². The van der Waals surface area contributed by atoms with Gasteiger partial charge in [0.2, 0.25) is 0 Å². The second-order valence-electron chi connectivity index (χ2n) is 4.21. The molecule has 3 heteroatoms. The Balaban J connectivity index is 3.15. The summed E-state index contributed by atoms with van der Waals surface area (Å²) in [4.78, 5) is 11.7. The zero-order valence-electron chi connectivity index (χ0n) is 9.92. The highest BCUT2D eigenvalue weighted by Gasteiger charge is 2.32. The van der Waals surface area contributed by atoms with Crippen molar-refractivity contribution in [3.8, 4) is 0 Å². The van der Waals surface area contributed by atoms with Gasteiger partial charge in [-0.15, -0.1) is 11.6 Å². The largest absolute Gasteiger partial charge is 0.468 e. The SMILES string of the molecule is COC(=O)C(C)(C)c1ccccc1CCCl. The Bertz CT molecular complexity index is 372. The molecular weight excluding hydrogens is 224 g/mol. The lowest BCUT2D eigenvalue weighted by Crippen LogP contribution is -2.31. The fraction of sp³-hybridized carbons (Fsp3) is 0.462. The molecule has 0 fully saturated rings. The molecule has 0 spiro atoms. The van der Waals surface area contributed by atoms with Gasteiger partial charge in [-0.1, -0.05) is 24.3 Å². The summed E-state index contributed by atoms with van der Waals surface area (Å²) in [6, 6.07) is 7.84. The smallest absolute Gasteiger partial charge is 0.315 e. The van der Waals surface area contributed by atoms with E-state index < -0.39 is 5.41 Å². The second kappa shape index (κ2) is 5.35. The zero-order valence-corrected chi connectivity index (χ0v) is 10.7. The molecule has 0 radical (unpaired) electrons. The van der Waals surface area contributed by atoms with Crippen LogP contribution in [0.2, 0.25) is 0 Å².